The van der Waals surface area contributed by atoms with Gasteiger partial charge in [0.05, 0.1) is 0 Å². The molecule has 0 aromatic heterocycles. The average molecular weight is 150 g/mol. The fourth-order valence-corrected chi connectivity index (χ4v) is 0.698. The fraction of sp³-hybridized carbons (Fsp3) is 0.300. The molecule has 0 saturated heterocycles. The first-order valence-electron chi connectivity index (χ1n) is 3.79. The second kappa shape index (κ2) is 8.89. The monoisotopic (exact) mass is 150 g/mol. The first kappa shape index (κ1) is 9.89. The predicted molar refractivity (Wildman–Crippen MR) is 48.4 cm³/mol. The maximum atomic E-state index is 9.83. The van der Waals surface area contributed by atoms with Gasteiger partial charge in [0.25, 0.3) is 0 Å². The van der Waals surface area contributed by atoms with Gasteiger partial charge in [0.1, 0.15) is 6.29 Å². The minimum atomic E-state index is 0.805. The first-order valence-corrected chi connectivity index (χ1v) is 3.79. The van der Waals surface area contributed by atoms with E-state index in [-0.39, 0.29) is 0 Å². The van der Waals surface area contributed by atoms with E-state index in [0.29, 0.717) is 0 Å². The zero-order valence-corrected chi connectivity index (χ0v) is 6.70. The Hall–Kier alpha value is -1.11. The van der Waals surface area contributed by atoms with E-state index in [9.17, 15) is 4.79 Å². The van der Waals surface area contributed by atoms with Gasteiger partial charge >= 0.3 is 0 Å². The van der Waals surface area contributed by atoms with Gasteiger partial charge in [-0.25, -0.2) is 0 Å². The Morgan fingerprint density at radius 2 is 1.73 bits per heavy atom. The van der Waals surface area contributed by atoms with Crippen LogP contribution in [-0.2, 0) is 4.79 Å². The molecule has 0 atom stereocenters. The van der Waals surface area contributed by atoms with E-state index < -0.39 is 0 Å². The average Bonchev–Trinajstić information content (AvgIpc) is 2.03. The Morgan fingerprint density at radius 3 is 2.27 bits per heavy atom. The van der Waals surface area contributed by atoms with Gasteiger partial charge in [0.15, 0.2) is 0 Å². The van der Waals surface area contributed by atoms with Crippen LogP contribution in [0.5, 0.6) is 0 Å². The normalized spacial score (nSPS) is 10.9. The molecule has 0 aliphatic heterocycles. The third-order valence-corrected chi connectivity index (χ3v) is 1.23. The molecule has 0 N–H and O–H groups in total. The summed E-state index contributed by atoms with van der Waals surface area (Å²) in [6.07, 6.45) is 13.1. The van der Waals surface area contributed by atoms with E-state index in [2.05, 4.69) is 12.7 Å². The summed E-state index contributed by atoms with van der Waals surface area (Å²) < 4.78 is 0. The molecule has 60 valence electrons. The molecule has 0 spiro atoms. The summed E-state index contributed by atoms with van der Waals surface area (Å²) in [5, 5.41) is 0. The summed E-state index contributed by atoms with van der Waals surface area (Å²) >= 11 is 0. The van der Waals surface area contributed by atoms with Crippen LogP contribution in [0.2, 0.25) is 0 Å². The largest absolute Gasteiger partial charge is 0.299 e. The molecule has 0 rings (SSSR count). The SMILES string of the molecule is C=C/C=C/CCC/C=C/C=O. The molecule has 1 nitrogen and oxygen atoms in total. The number of unbranched alkanes of at least 4 members (excludes halogenated alkanes) is 2. The lowest BCUT2D eigenvalue weighted by Gasteiger charge is -1.87. The smallest absolute Gasteiger partial charge is 0.142 e. The number of rotatable bonds is 6. The highest BCUT2D eigenvalue weighted by molar-refractivity contribution is 5.64. The number of carbonyl (C=O) groups excluding carboxylic acids is 1. The maximum absolute atomic E-state index is 9.83. The van der Waals surface area contributed by atoms with Gasteiger partial charge in [-0.2, -0.15) is 0 Å². The van der Waals surface area contributed by atoms with Crippen LogP contribution in [0.4, 0.5) is 0 Å². The van der Waals surface area contributed by atoms with E-state index in [1.807, 2.05) is 12.2 Å². The van der Waals surface area contributed by atoms with Crippen molar-refractivity contribution in [2.24, 2.45) is 0 Å². The van der Waals surface area contributed by atoms with Crippen LogP contribution in [-0.4, -0.2) is 6.29 Å². The molecule has 0 fully saturated rings. The highest BCUT2D eigenvalue weighted by Gasteiger charge is 1.78. The van der Waals surface area contributed by atoms with Crippen molar-refractivity contribution in [3.05, 3.63) is 37.0 Å². The zero-order chi connectivity index (χ0) is 8.36. The molecule has 0 radical (unpaired) electrons. The number of aldehydes is 1. The van der Waals surface area contributed by atoms with Crippen molar-refractivity contribution in [3.63, 3.8) is 0 Å². The van der Waals surface area contributed by atoms with Crippen LogP contribution < -0.4 is 0 Å². The summed E-state index contributed by atoms with van der Waals surface area (Å²) in [6, 6.07) is 0. The molecule has 0 aromatic rings. The van der Waals surface area contributed by atoms with Gasteiger partial charge in [-0.15, -0.1) is 0 Å². The van der Waals surface area contributed by atoms with Crippen LogP contribution in [0.25, 0.3) is 0 Å². The lowest BCUT2D eigenvalue weighted by Crippen LogP contribution is -1.69. The number of hydrogen-bond acceptors (Lipinski definition) is 1. The Kier molecular flexibility index (Phi) is 7.99. The first-order chi connectivity index (χ1) is 5.41. The Labute approximate surface area is 68.1 Å². The van der Waals surface area contributed by atoms with Crippen molar-refractivity contribution in [1.29, 1.82) is 0 Å². The molecule has 0 bridgehead atoms. The van der Waals surface area contributed by atoms with Crippen molar-refractivity contribution in [3.8, 4) is 0 Å². The van der Waals surface area contributed by atoms with E-state index in [0.717, 1.165) is 25.5 Å². The third kappa shape index (κ3) is 8.89. The second-order valence-electron chi connectivity index (χ2n) is 2.16. The summed E-state index contributed by atoms with van der Waals surface area (Å²) in [6.45, 7) is 3.56. The van der Waals surface area contributed by atoms with Gasteiger partial charge in [0, 0.05) is 0 Å². The Balaban J connectivity index is 3.14. The summed E-state index contributed by atoms with van der Waals surface area (Å²) in [5.41, 5.74) is 0. The van der Waals surface area contributed by atoms with Crippen molar-refractivity contribution >= 4 is 6.29 Å². The number of hydrogen-bond donors (Lipinski definition) is 0. The van der Waals surface area contributed by atoms with Crippen molar-refractivity contribution in [1.82, 2.24) is 0 Å². The minimum Gasteiger partial charge on any atom is -0.299 e. The van der Waals surface area contributed by atoms with Gasteiger partial charge in [0.2, 0.25) is 0 Å². The number of carbonyl (C=O) groups is 1. The number of allylic oxidation sites excluding steroid dienone is 5. The van der Waals surface area contributed by atoms with Gasteiger partial charge in [-0.3, -0.25) is 4.79 Å². The molecule has 1 heteroatoms. The van der Waals surface area contributed by atoms with Gasteiger partial charge in [-0.05, 0) is 25.3 Å². The van der Waals surface area contributed by atoms with Crippen LogP contribution in [0, 0.1) is 0 Å². The summed E-state index contributed by atoms with van der Waals surface area (Å²) in [4.78, 5) is 9.83. The van der Waals surface area contributed by atoms with E-state index in [1.165, 1.54) is 6.08 Å². The highest BCUT2D eigenvalue weighted by atomic mass is 16.1. The Bertz CT molecular complexity index is 136. The van der Waals surface area contributed by atoms with Crippen LogP contribution >= 0.6 is 0 Å². The standard InChI is InChI=1S/C10H14O/c1-2-3-4-5-6-7-8-9-10-11/h2-4,8-10H,1,5-7H2/b4-3+,9-8+. The molecule has 0 aromatic carbocycles. The van der Waals surface area contributed by atoms with Gasteiger partial charge < -0.3 is 0 Å². The van der Waals surface area contributed by atoms with E-state index >= 15 is 0 Å². The quantitative estimate of drug-likeness (QED) is 0.246. The van der Waals surface area contributed by atoms with Gasteiger partial charge in [-0.1, -0.05) is 30.9 Å². The molecular weight excluding hydrogens is 136 g/mol. The molecule has 0 amide bonds. The lowest BCUT2D eigenvalue weighted by molar-refractivity contribution is -0.104. The predicted octanol–water partition coefficient (Wildman–Crippen LogP) is 2.65. The molecule has 0 unspecified atom stereocenters. The molecule has 0 aliphatic rings. The molecule has 0 aliphatic carbocycles. The fourth-order valence-electron chi connectivity index (χ4n) is 0.698. The van der Waals surface area contributed by atoms with Crippen LogP contribution in [0.1, 0.15) is 19.3 Å². The van der Waals surface area contributed by atoms with E-state index in [1.54, 1.807) is 6.08 Å². The van der Waals surface area contributed by atoms with Crippen molar-refractivity contribution < 1.29 is 4.79 Å². The lowest BCUT2D eigenvalue weighted by atomic mass is 10.2. The van der Waals surface area contributed by atoms with Crippen LogP contribution in [0.15, 0.2) is 37.0 Å². The molecular formula is C10H14O. The minimum absolute atomic E-state index is 0.805. The van der Waals surface area contributed by atoms with E-state index in [4.69, 9.17) is 0 Å². The molecule has 0 saturated carbocycles. The second-order valence-corrected chi connectivity index (χ2v) is 2.16. The van der Waals surface area contributed by atoms with Crippen LogP contribution in [0.3, 0.4) is 0 Å². The van der Waals surface area contributed by atoms with Crippen molar-refractivity contribution in [2.75, 3.05) is 0 Å². The topological polar surface area (TPSA) is 17.1 Å². The van der Waals surface area contributed by atoms with Crippen molar-refractivity contribution in [2.45, 2.75) is 19.3 Å². The Morgan fingerprint density at radius 1 is 1.09 bits per heavy atom. The molecule has 11 heavy (non-hydrogen) atoms. The highest BCUT2D eigenvalue weighted by Crippen LogP contribution is 1.97. The maximum Gasteiger partial charge on any atom is 0.142 e. The molecule has 0 heterocycles. The summed E-state index contributed by atoms with van der Waals surface area (Å²) in [7, 11) is 0. The zero-order valence-electron chi connectivity index (χ0n) is 6.70. The third-order valence-electron chi connectivity index (χ3n) is 1.23. The summed E-state index contributed by atoms with van der Waals surface area (Å²) in [5.74, 6) is 0.